The van der Waals surface area contributed by atoms with Crippen LogP contribution in [-0.2, 0) is 4.79 Å². The van der Waals surface area contributed by atoms with E-state index in [1.807, 2.05) is 18.4 Å². The molecule has 3 rings (SSSR count). The summed E-state index contributed by atoms with van der Waals surface area (Å²) in [6, 6.07) is 7.19. The third-order valence-corrected chi connectivity index (χ3v) is 4.23. The molecule has 0 fully saturated rings. The standard InChI is InChI=1S/C16H14O4S/c1-10-4-7-21-15(10)9-12(16(17)18)11-2-3-13-14(8-11)20-6-5-19-13/h2-4,7-9H,5-6H2,1H3,(H,17,18)/b12-9-. The lowest BCUT2D eigenvalue weighted by molar-refractivity contribution is -0.130. The van der Waals surface area contributed by atoms with E-state index in [0.717, 1.165) is 10.4 Å². The fourth-order valence-electron chi connectivity index (χ4n) is 2.14. The number of carboxylic acid groups (broad SMARTS) is 1. The number of thiophene rings is 1. The second-order valence-electron chi connectivity index (χ2n) is 4.69. The number of aliphatic carboxylic acids is 1. The fraction of sp³-hybridized carbons (Fsp3) is 0.188. The second kappa shape index (κ2) is 5.61. The topological polar surface area (TPSA) is 55.8 Å². The lowest BCUT2D eigenvalue weighted by Gasteiger charge is -2.19. The molecule has 21 heavy (non-hydrogen) atoms. The minimum atomic E-state index is -0.959. The van der Waals surface area contributed by atoms with Crippen LogP contribution in [0.4, 0.5) is 0 Å². The highest BCUT2D eigenvalue weighted by molar-refractivity contribution is 7.11. The number of benzene rings is 1. The smallest absolute Gasteiger partial charge is 0.336 e. The lowest BCUT2D eigenvalue weighted by atomic mass is 10.0. The van der Waals surface area contributed by atoms with E-state index in [2.05, 4.69) is 0 Å². The van der Waals surface area contributed by atoms with Crippen molar-refractivity contribution in [1.82, 2.24) is 0 Å². The largest absolute Gasteiger partial charge is 0.486 e. The Morgan fingerprint density at radius 2 is 2.00 bits per heavy atom. The molecule has 1 aliphatic heterocycles. The molecule has 0 saturated carbocycles. The van der Waals surface area contributed by atoms with Crippen molar-refractivity contribution in [1.29, 1.82) is 0 Å². The summed E-state index contributed by atoms with van der Waals surface area (Å²) in [5.41, 5.74) is 1.92. The molecule has 0 radical (unpaired) electrons. The minimum absolute atomic E-state index is 0.248. The number of ether oxygens (including phenoxy) is 2. The van der Waals surface area contributed by atoms with E-state index in [1.54, 1.807) is 24.3 Å². The Hall–Kier alpha value is -2.27. The molecule has 2 aromatic rings. The summed E-state index contributed by atoms with van der Waals surface area (Å²) in [6.45, 7) is 2.96. The fourth-order valence-corrected chi connectivity index (χ4v) is 3.00. The Morgan fingerprint density at radius 3 is 2.67 bits per heavy atom. The van der Waals surface area contributed by atoms with Gasteiger partial charge in [-0.2, -0.15) is 0 Å². The van der Waals surface area contributed by atoms with Crippen molar-refractivity contribution in [2.75, 3.05) is 13.2 Å². The molecule has 5 heteroatoms. The van der Waals surface area contributed by atoms with Crippen LogP contribution in [0.5, 0.6) is 11.5 Å². The average Bonchev–Trinajstić information content (AvgIpc) is 2.89. The third kappa shape index (κ3) is 2.78. The van der Waals surface area contributed by atoms with Crippen LogP contribution in [0, 0.1) is 6.92 Å². The summed E-state index contributed by atoms with van der Waals surface area (Å²) >= 11 is 1.52. The van der Waals surface area contributed by atoms with Crippen LogP contribution in [0.25, 0.3) is 11.6 Å². The molecule has 1 aliphatic rings. The molecule has 0 spiro atoms. The van der Waals surface area contributed by atoms with Gasteiger partial charge in [-0.3, -0.25) is 0 Å². The molecule has 0 unspecified atom stereocenters. The maximum Gasteiger partial charge on any atom is 0.336 e. The zero-order valence-electron chi connectivity index (χ0n) is 11.5. The lowest BCUT2D eigenvalue weighted by Crippen LogP contribution is -2.15. The minimum Gasteiger partial charge on any atom is -0.486 e. The molecule has 0 aliphatic carbocycles. The predicted molar refractivity (Wildman–Crippen MR) is 82.0 cm³/mol. The Bertz CT molecular complexity index is 715. The Morgan fingerprint density at radius 1 is 1.24 bits per heavy atom. The molecule has 1 aromatic heterocycles. The maximum atomic E-state index is 11.6. The van der Waals surface area contributed by atoms with Gasteiger partial charge in [-0.1, -0.05) is 6.07 Å². The SMILES string of the molecule is Cc1ccsc1/C=C(\C(=O)O)c1ccc2c(c1)OCCO2. The molecule has 0 saturated heterocycles. The molecule has 1 aromatic carbocycles. The molecule has 2 heterocycles. The summed E-state index contributed by atoms with van der Waals surface area (Å²) in [7, 11) is 0. The van der Waals surface area contributed by atoms with Gasteiger partial charge in [0, 0.05) is 4.88 Å². The number of hydrogen-bond acceptors (Lipinski definition) is 4. The van der Waals surface area contributed by atoms with E-state index in [1.165, 1.54) is 11.3 Å². The van der Waals surface area contributed by atoms with Crippen molar-refractivity contribution in [2.45, 2.75) is 6.92 Å². The number of carboxylic acids is 1. The zero-order chi connectivity index (χ0) is 14.8. The predicted octanol–water partition coefficient (Wildman–Crippen LogP) is 3.45. The number of aryl methyl sites for hydroxylation is 1. The summed E-state index contributed by atoms with van der Waals surface area (Å²) < 4.78 is 11.0. The van der Waals surface area contributed by atoms with Gasteiger partial charge < -0.3 is 14.6 Å². The monoisotopic (exact) mass is 302 g/mol. The molecular weight excluding hydrogens is 288 g/mol. The third-order valence-electron chi connectivity index (χ3n) is 3.26. The Kier molecular flexibility index (Phi) is 3.66. The van der Waals surface area contributed by atoms with E-state index in [9.17, 15) is 9.90 Å². The van der Waals surface area contributed by atoms with Crippen molar-refractivity contribution < 1.29 is 19.4 Å². The van der Waals surface area contributed by atoms with E-state index in [0.29, 0.717) is 30.3 Å². The van der Waals surface area contributed by atoms with Gasteiger partial charge in [0.1, 0.15) is 13.2 Å². The Balaban J connectivity index is 2.04. The van der Waals surface area contributed by atoms with Crippen LogP contribution in [0.1, 0.15) is 16.0 Å². The summed E-state index contributed by atoms with van der Waals surface area (Å²) in [4.78, 5) is 12.5. The highest BCUT2D eigenvalue weighted by Gasteiger charge is 2.17. The normalized spacial score (nSPS) is 14.0. The molecule has 0 bridgehead atoms. The first kappa shape index (κ1) is 13.7. The number of rotatable bonds is 3. The molecule has 4 nitrogen and oxygen atoms in total. The molecule has 1 N–H and O–H groups in total. The molecule has 0 amide bonds. The number of fused-ring (bicyclic) bond motifs is 1. The summed E-state index contributed by atoms with van der Waals surface area (Å²) in [6.07, 6.45) is 1.70. The van der Waals surface area contributed by atoms with E-state index in [4.69, 9.17) is 9.47 Å². The van der Waals surface area contributed by atoms with Crippen LogP contribution in [0.15, 0.2) is 29.6 Å². The van der Waals surface area contributed by atoms with Crippen molar-refractivity contribution in [3.63, 3.8) is 0 Å². The van der Waals surface area contributed by atoms with Gasteiger partial charge in [0.05, 0.1) is 5.57 Å². The first-order valence-electron chi connectivity index (χ1n) is 6.54. The van der Waals surface area contributed by atoms with Gasteiger partial charge in [0.25, 0.3) is 0 Å². The maximum absolute atomic E-state index is 11.6. The van der Waals surface area contributed by atoms with Crippen molar-refractivity contribution in [3.8, 4) is 11.5 Å². The van der Waals surface area contributed by atoms with Gasteiger partial charge >= 0.3 is 5.97 Å². The second-order valence-corrected chi connectivity index (χ2v) is 5.64. The first-order valence-corrected chi connectivity index (χ1v) is 7.42. The molecular formula is C16H14O4S. The molecule has 108 valence electrons. The van der Waals surface area contributed by atoms with E-state index < -0.39 is 5.97 Å². The number of hydrogen-bond donors (Lipinski definition) is 1. The zero-order valence-corrected chi connectivity index (χ0v) is 12.3. The van der Waals surface area contributed by atoms with Gasteiger partial charge in [0.2, 0.25) is 0 Å². The summed E-state index contributed by atoms with van der Waals surface area (Å²) in [5, 5.41) is 11.4. The van der Waals surface area contributed by atoms with Crippen LogP contribution >= 0.6 is 11.3 Å². The quantitative estimate of drug-likeness (QED) is 0.882. The van der Waals surface area contributed by atoms with Crippen LogP contribution in [0.3, 0.4) is 0 Å². The van der Waals surface area contributed by atoms with Crippen molar-refractivity contribution in [2.24, 2.45) is 0 Å². The molecule has 0 atom stereocenters. The van der Waals surface area contributed by atoms with Crippen molar-refractivity contribution in [3.05, 3.63) is 45.6 Å². The van der Waals surface area contributed by atoms with E-state index in [-0.39, 0.29) is 5.57 Å². The van der Waals surface area contributed by atoms with Crippen LogP contribution in [0.2, 0.25) is 0 Å². The average molecular weight is 302 g/mol. The Labute approximate surface area is 126 Å². The highest BCUT2D eigenvalue weighted by atomic mass is 32.1. The van der Waals surface area contributed by atoms with Crippen LogP contribution < -0.4 is 9.47 Å². The van der Waals surface area contributed by atoms with Gasteiger partial charge in [-0.25, -0.2) is 4.79 Å². The highest BCUT2D eigenvalue weighted by Crippen LogP contribution is 2.34. The summed E-state index contributed by atoms with van der Waals surface area (Å²) in [5.74, 6) is 0.287. The number of carbonyl (C=O) groups is 1. The first-order chi connectivity index (χ1) is 10.1. The van der Waals surface area contributed by atoms with Gasteiger partial charge in [-0.15, -0.1) is 11.3 Å². The van der Waals surface area contributed by atoms with Gasteiger partial charge in [-0.05, 0) is 47.7 Å². The van der Waals surface area contributed by atoms with E-state index >= 15 is 0 Å². The van der Waals surface area contributed by atoms with Gasteiger partial charge in [0.15, 0.2) is 11.5 Å². The van der Waals surface area contributed by atoms with Crippen molar-refractivity contribution >= 4 is 29.0 Å². The van der Waals surface area contributed by atoms with Crippen LogP contribution in [-0.4, -0.2) is 24.3 Å².